The Morgan fingerprint density at radius 3 is 2.82 bits per heavy atom. The number of benzene rings is 1. The summed E-state index contributed by atoms with van der Waals surface area (Å²) >= 11 is 3.87. The molecule has 1 N–H and O–H groups in total. The highest BCUT2D eigenvalue weighted by atomic mass is 35.5. The molecule has 2 unspecified atom stereocenters. The Bertz CT molecular complexity index is 478. The smallest absolute Gasteiger partial charge is 0.220 e. The van der Waals surface area contributed by atoms with E-state index < -0.39 is 11.1 Å². The molecule has 0 bridgehead atoms. The number of carbonyl (C=O) groups is 1. The number of amides is 1. The Morgan fingerprint density at radius 2 is 2.29 bits per heavy atom. The van der Waals surface area contributed by atoms with Gasteiger partial charge in [0.2, 0.25) is 5.91 Å². The maximum Gasteiger partial charge on any atom is 0.220 e. The lowest BCUT2D eigenvalue weighted by atomic mass is 9.97. The predicted octanol–water partition coefficient (Wildman–Crippen LogP) is 1.32. The van der Waals surface area contributed by atoms with Crippen LogP contribution in [0.25, 0.3) is 0 Å². The monoisotopic (exact) mass is 272 g/mol. The van der Waals surface area contributed by atoms with Gasteiger partial charge in [-0.1, -0.05) is 34.8 Å². The standard InChI is InChI=1S/C11H12ClNO3S/c12-10-3-7(9-4-11(14)13-5-9)1-2-8(10)6-17(15)16/h1-3,9H,4-6H2,(H,13,14)(H,15,16)/p-1. The highest BCUT2D eigenvalue weighted by Gasteiger charge is 2.23. The van der Waals surface area contributed by atoms with Gasteiger partial charge in [-0.2, -0.15) is 0 Å². The molecule has 0 aromatic heterocycles. The minimum atomic E-state index is -2.14. The Kier molecular flexibility index (Phi) is 3.81. The second kappa shape index (κ2) is 5.16. The molecule has 4 nitrogen and oxygen atoms in total. The van der Waals surface area contributed by atoms with Gasteiger partial charge in [-0.15, -0.1) is 0 Å². The quantitative estimate of drug-likeness (QED) is 0.844. The fraction of sp³-hybridized carbons (Fsp3) is 0.364. The largest absolute Gasteiger partial charge is 0.772 e. The Morgan fingerprint density at radius 1 is 1.53 bits per heavy atom. The zero-order valence-corrected chi connectivity index (χ0v) is 10.5. The van der Waals surface area contributed by atoms with Gasteiger partial charge in [-0.25, -0.2) is 0 Å². The van der Waals surface area contributed by atoms with Crippen molar-refractivity contribution in [2.75, 3.05) is 6.54 Å². The van der Waals surface area contributed by atoms with Crippen LogP contribution in [0.15, 0.2) is 18.2 Å². The number of nitrogens with one attached hydrogen (secondary N) is 1. The number of rotatable bonds is 3. The van der Waals surface area contributed by atoms with Crippen LogP contribution in [-0.4, -0.2) is 21.2 Å². The third-order valence-corrected chi connectivity index (χ3v) is 3.70. The van der Waals surface area contributed by atoms with Crippen LogP contribution >= 0.6 is 11.6 Å². The molecule has 92 valence electrons. The molecule has 1 fully saturated rings. The summed E-state index contributed by atoms with van der Waals surface area (Å²) in [4.78, 5) is 11.1. The molecule has 2 atom stereocenters. The van der Waals surface area contributed by atoms with E-state index in [1.807, 2.05) is 6.07 Å². The lowest BCUT2D eigenvalue weighted by Gasteiger charge is -2.12. The molecule has 1 heterocycles. The van der Waals surface area contributed by atoms with Gasteiger partial charge < -0.3 is 9.87 Å². The van der Waals surface area contributed by atoms with Gasteiger partial charge in [0.05, 0.1) is 0 Å². The van der Waals surface area contributed by atoms with Crippen LogP contribution in [0.2, 0.25) is 5.02 Å². The van der Waals surface area contributed by atoms with E-state index in [2.05, 4.69) is 5.32 Å². The first-order valence-corrected chi connectivity index (χ1v) is 6.79. The van der Waals surface area contributed by atoms with Crippen molar-refractivity contribution in [3.8, 4) is 0 Å². The summed E-state index contributed by atoms with van der Waals surface area (Å²) in [6.45, 7) is 0.613. The third kappa shape index (κ3) is 3.06. The average Bonchev–Trinajstić information content (AvgIpc) is 2.67. The van der Waals surface area contributed by atoms with E-state index in [1.54, 1.807) is 12.1 Å². The lowest BCUT2D eigenvalue weighted by Crippen LogP contribution is -2.13. The molecule has 1 aromatic rings. The number of hydrogen-bond donors (Lipinski definition) is 1. The number of carbonyl (C=O) groups excluding carboxylic acids is 1. The van der Waals surface area contributed by atoms with E-state index >= 15 is 0 Å². The molecular formula is C11H11ClNO3S-. The lowest BCUT2D eigenvalue weighted by molar-refractivity contribution is -0.119. The van der Waals surface area contributed by atoms with Crippen LogP contribution in [0.5, 0.6) is 0 Å². The van der Waals surface area contributed by atoms with E-state index in [-0.39, 0.29) is 17.6 Å². The summed E-state index contributed by atoms with van der Waals surface area (Å²) in [5.41, 5.74) is 1.55. The van der Waals surface area contributed by atoms with Crippen LogP contribution in [-0.2, 0) is 21.6 Å². The van der Waals surface area contributed by atoms with Gasteiger partial charge in [-0.3, -0.25) is 9.00 Å². The van der Waals surface area contributed by atoms with E-state index in [4.69, 9.17) is 11.6 Å². The molecule has 2 rings (SSSR count). The third-order valence-electron chi connectivity index (χ3n) is 2.80. The minimum Gasteiger partial charge on any atom is -0.772 e. The summed E-state index contributed by atoms with van der Waals surface area (Å²) in [5, 5.41) is 3.19. The number of hydrogen-bond acceptors (Lipinski definition) is 3. The molecule has 1 amide bonds. The van der Waals surface area contributed by atoms with Crippen molar-refractivity contribution < 1.29 is 13.6 Å². The molecule has 0 aliphatic carbocycles. The average molecular weight is 273 g/mol. The van der Waals surface area contributed by atoms with Gasteiger partial charge in [0.25, 0.3) is 0 Å². The van der Waals surface area contributed by atoms with Crippen LogP contribution < -0.4 is 5.32 Å². The summed E-state index contributed by atoms with van der Waals surface area (Å²) in [6, 6.07) is 5.28. The van der Waals surface area contributed by atoms with E-state index in [1.165, 1.54) is 0 Å². The van der Waals surface area contributed by atoms with Crippen molar-refractivity contribution in [2.45, 2.75) is 18.1 Å². The van der Waals surface area contributed by atoms with Crippen molar-refractivity contribution in [3.63, 3.8) is 0 Å². The molecule has 0 saturated carbocycles. The first kappa shape index (κ1) is 12.5. The van der Waals surface area contributed by atoms with Crippen LogP contribution in [0.3, 0.4) is 0 Å². The summed E-state index contributed by atoms with van der Waals surface area (Å²) in [6.07, 6.45) is 0.461. The molecule has 0 radical (unpaired) electrons. The summed E-state index contributed by atoms with van der Waals surface area (Å²) < 4.78 is 21.2. The molecule has 1 aliphatic rings. The van der Waals surface area contributed by atoms with Gasteiger partial charge in [0, 0.05) is 29.7 Å². The van der Waals surface area contributed by atoms with E-state index in [0.717, 1.165) is 5.56 Å². The fourth-order valence-electron chi connectivity index (χ4n) is 1.90. The Labute approximate surface area is 107 Å². The zero-order chi connectivity index (χ0) is 12.4. The van der Waals surface area contributed by atoms with Crippen LogP contribution in [0.4, 0.5) is 0 Å². The van der Waals surface area contributed by atoms with Crippen LogP contribution in [0, 0.1) is 0 Å². The van der Waals surface area contributed by atoms with Crippen molar-refractivity contribution >= 4 is 28.6 Å². The first-order valence-electron chi connectivity index (χ1n) is 5.17. The maximum atomic E-state index is 11.1. The zero-order valence-electron chi connectivity index (χ0n) is 8.94. The van der Waals surface area contributed by atoms with E-state index in [9.17, 15) is 13.6 Å². The molecule has 17 heavy (non-hydrogen) atoms. The van der Waals surface area contributed by atoms with E-state index in [0.29, 0.717) is 23.6 Å². The maximum absolute atomic E-state index is 11.1. The van der Waals surface area contributed by atoms with Gasteiger partial charge >= 0.3 is 0 Å². The molecule has 1 saturated heterocycles. The minimum absolute atomic E-state index is 0.0378. The molecule has 6 heteroatoms. The molecule has 1 aromatic carbocycles. The summed E-state index contributed by atoms with van der Waals surface area (Å²) in [5.74, 6) is 0.0867. The SMILES string of the molecule is O=C1CC(c2ccc(CS(=O)[O-])c(Cl)c2)CN1. The topological polar surface area (TPSA) is 69.2 Å². The highest BCUT2D eigenvalue weighted by Crippen LogP contribution is 2.27. The van der Waals surface area contributed by atoms with Gasteiger partial charge in [0.15, 0.2) is 0 Å². The molecular weight excluding hydrogens is 262 g/mol. The van der Waals surface area contributed by atoms with Crippen molar-refractivity contribution in [2.24, 2.45) is 0 Å². The van der Waals surface area contributed by atoms with Crippen molar-refractivity contribution in [1.29, 1.82) is 0 Å². The molecule has 1 aliphatic heterocycles. The van der Waals surface area contributed by atoms with Gasteiger partial charge in [-0.05, 0) is 17.2 Å². The highest BCUT2D eigenvalue weighted by molar-refractivity contribution is 7.78. The normalized spacial score (nSPS) is 21.3. The Balaban J connectivity index is 2.18. The van der Waals surface area contributed by atoms with Crippen LogP contribution in [0.1, 0.15) is 23.5 Å². The number of halogens is 1. The van der Waals surface area contributed by atoms with Crippen molar-refractivity contribution in [3.05, 3.63) is 34.3 Å². The second-order valence-electron chi connectivity index (χ2n) is 4.00. The van der Waals surface area contributed by atoms with Gasteiger partial charge in [0.1, 0.15) is 0 Å². The van der Waals surface area contributed by atoms with Crippen molar-refractivity contribution in [1.82, 2.24) is 5.32 Å². The second-order valence-corrected chi connectivity index (χ2v) is 5.31. The predicted molar refractivity (Wildman–Crippen MR) is 64.4 cm³/mol. The fourth-order valence-corrected chi connectivity index (χ4v) is 2.74. The first-order chi connectivity index (χ1) is 8.06. The summed E-state index contributed by atoms with van der Waals surface area (Å²) in [7, 11) is 0. The Hall–Kier alpha value is -0.910. The molecule has 0 spiro atoms.